The predicted molar refractivity (Wildman–Crippen MR) is 125 cm³/mol. The van der Waals surface area contributed by atoms with Crippen molar-refractivity contribution >= 4 is 24.1 Å². The number of carboxylic acid groups (broad SMARTS) is 1. The largest absolute Gasteiger partial charge is 0.480 e. The third-order valence-corrected chi connectivity index (χ3v) is 6.05. The molecular formula is C26H30N2O6. The molecule has 1 heterocycles. The van der Waals surface area contributed by atoms with Crippen LogP contribution in [-0.4, -0.2) is 58.9 Å². The summed E-state index contributed by atoms with van der Waals surface area (Å²) in [5, 5.41) is 12.8. The lowest BCUT2D eigenvalue weighted by atomic mass is 9.88. The van der Waals surface area contributed by atoms with E-state index >= 15 is 0 Å². The monoisotopic (exact) mass is 466 g/mol. The first-order chi connectivity index (χ1) is 16.4. The maximum absolute atomic E-state index is 13.5. The number of hydrogen-bond donors (Lipinski definition) is 2. The smallest absolute Gasteiger partial charge is 0.326 e. The first kappa shape index (κ1) is 25.1. The van der Waals surface area contributed by atoms with E-state index < -0.39 is 42.0 Å². The number of carbonyl (C=O) groups is 4. The van der Waals surface area contributed by atoms with Gasteiger partial charge in [-0.15, -0.1) is 0 Å². The van der Waals surface area contributed by atoms with Crippen LogP contribution in [0, 0.1) is 0 Å². The van der Waals surface area contributed by atoms with E-state index in [1.165, 1.54) is 0 Å². The van der Waals surface area contributed by atoms with Crippen molar-refractivity contribution in [2.45, 2.75) is 57.3 Å². The van der Waals surface area contributed by atoms with Gasteiger partial charge >= 0.3 is 11.9 Å². The van der Waals surface area contributed by atoms with Gasteiger partial charge in [0.05, 0.1) is 12.6 Å². The summed E-state index contributed by atoms with van der Waals surface area (Å²) in [4.78, 5) is 51.2. The third kappa shape index (κ3) is 5.69. The molecule has 1 amide bonds. The zero-order chi connectivity index (χ0) is 24.7. The molecule has 0 aliphatic carbocycles. The molecule has 0 fully saturated rings. The summed E-state index contributed by atoms with van der Waals surface area (Å²) in [7, 11) is 0. The maximum Gasteiger partial charge on any atom is 0.326 e. The van der Waals surface area contributed by atoms with E-state index in [0.717, 1.165) is 16.0 Å². The third-order valence-electron chi connectivity index (χ3n) is 6.05. The fraction of sp³-hybridized carbons (Fsp3) is 0.385. The van der Waals surface area contributed by atoms with E-state index in [1.807, 2.05) is 30.3 Å². The molecule has 2 aromatic carbocycles. The van der Waals surface area contributed by atoms with E-state index in [9.17, 15) is 24.3 Å². The van der Waals surface area contributed by atoms with Gasteiger partial charge in [-0.25, -0.2) is 4.79 Å². The lowest BCUT2D eigenvalue weighted by Crippen LogP contribution is -2.58. The minimum atomic E-state index is -1.19. The van der Waals surface area contributed by atoms with Crippen LogP contribution in [0.5, 0.6) is 0 Å². The van der Waals surface area contributed by atoms with Crippen molar-refractivity contribution < 1.29 is 29.0 Å². The molecule has 2 aromatic rings. The van der Waals surface area contributed by atoms with Crippen LogP contribution in [0.2, 0.25) is 0 Å². The van der Waals surface area contributed by atoms with Crippen LogP contribution in [0.3, 0.4) is 0 Å². The topological polar surface area (TPSA) is 113 Å². The summed E-state index contributed by atoms with van der Waals surface area (Å²) in [6.45, 7) is 3.47. The number of aldehydes is 1. The summed E-state index contributed by atoms with van der Waals surface area (Å²) in [6, 6.07) is 12.8. The Morgan fingerprint density at radius 3 is 2.47 bits per heavy atom. The summed E-state index contributed by atoms with van der Waals surface area (Å²) in [6.07, 6.45) is 1.67. The molecule has 0 saturated carbocycles. The number of aliphatic carboxylic acids is 1. The number of hydrogen-bond acceptors (Lipinski definition) is 6. The molecule has 180 valence electrons. The summed E-state index contributed by atoms with van der Waals surface area (Å²) >= 11 is 0. The molecule has 0 radical (unpaired) electrons. The molecule has 0 aromatic heterocycles. The molecule has 2 N–H and O–H groups in total. The van der Waals surface area contributed by atoms with Crippen LogP contribution in [0.4, 0.5) is 0 Å². The van der Waals surface area contributed by atoms with E-state index in [0.29, 0.717) is 24.7 Å². The molecule has 1 unspecified atom stereocenters. The van der Waals surface area contributed by atoms with Crippen molar-refractivity contribution in [2.75, 3.05) is 6.61 Å². The number of ether oxygens (including phenoxy) is 1. The fourth-order valence-corrected chi connectivity index (χ4v) is 4.36. The number of nitrogens with one attached hydrogen (secondary N) is 1. The van der Waals surface area contributed by atoms with Crippen LogP contribution < -0.4 is 5.32 Å². The second kappa shape index (κ2) is 11.6. The van der Waals surface area contributed by atoms with E-state index in [4.69, 9.17) is 4.74 Å². The van der Waals surface area contributed by atoms with Crippen LogP contribution in [0.1, 0.15) is 43.0 Å². The van der Waals surface area contributed by atoms with Crippen molar-refractivity contribution in [1.29, 1.82) is 0 Å². The van der Waals surface area contributed by atoms with Gasteiger partial charge in [-0.2, -0.15) is 0 Å². The highest BCUT2D eigenvalue weighted by Gasteiger charge is 2.42. The van der Waals surface area contributed by atoms with Gasteiger partial charge < -0.3 is 19.5 Å². The van der Waals surface area contributed by atoms with Gasteiger partial charge in [-0.3, -0.25) is 14.9 Å². The molecule has 1 aliphatic heterocycles. The van der Waals surface area contributed by atoms with E-state index in [-0.39, 0.29) is 13.0 Å². The Balaban J connectivity index is 1.81. The van der Waals surface area contributed by atoms with Crippen LogP contribution >= 0.6 is 0 Å². The normalized spacial score (nSPS) is 18.9. The number of carbonyl (C=O) groups excluding carboxylic acids is 3. The Labute approximate surface area is 198 Å². The van der Waals surface area contributed by atoms with Crippen molar-refractivity contribution in [3.8, 4) is 0 Å². The second-order valence-corrected chi connectivity index (χ2v) is 8.30. The zero-order valence-corrected chi connectivity index (χ0v) is 19.3. The van der Waals surface area contributed by atoms with E-state index in [2.05, 4.69) is 5.32 Å². The molecule has 1 aliphatic rings. The Hall–Kier alpha value is -3.52. The average Bonchev–Trinajstić information content (AvgIpc) is 2.85. The lowest BCUT2D eigenvalue weighted by Gasteiger charge is -2.40. The second-order valence-electron chi connectivity index (χ2n) is 8.30. The first-order valence-corrected chi connectivity index (χ1v) is 11.4. The first-order valence-electron chi connectivity index (χ1n) is 11.4. The number of nitrogens with zero attached hydrogens (tertiary/aromatic N) is 1. The van der Waals surface area contributed by atoms with Crippen molar-refractivity contribution in [3.05, 3.63) is 71.3 Å². The van der Waals surface area contributed by atoms with Crippen molar-refractivity contribution in [3.63, 3.8) is 0 Å². The molecule has 3 rings (SSSR count). The molecule has 8 nitrogen and oxygen atoms in total. The number of amides is 1. The zero-order valence-electron chi connectivity index (χ0n) is 19.3. The summed E-state index contributed by atoms with van der Waals surface area (Å²) < 4.78 is 5.19. The minimum absolute atomic E-state index is 0.101. The van der Waals surface area contributed by atoms with Crippen molar-refractivity contribution in [2.24, 2.45) is 0 Å². The molecule has 34 heavy (non-hydrogen) atoms. The summed E-state index contributed by atoms with van der Waals surface area (Å²) in [5.74, 6) is -2.23. The molecule has 4 atom stereocenters. The highest BCUT2D eigenvalue weighted by molar-refractivity contribution is 5.91. The molecule has 0 saturated heterocycles. The Morgan fingerprint density at radius 1 is 1.15 bits per heavy atom. The predicted octanol–water partition coefficient (Wildman–Crippen LogP) is 2.31. The van der Waals surface area contributed by atoms with Crippen LogP contribution in [0.15, 0.2) is 54.6 Å². The minimum Gasteiger partial charge on any atom is -0.480 e. The molecule has 8 heteroatoms. The highest BCUT2D eigenvalue weighted by atomic mass is 16.5. The van der Waals surface area contributed by atoms with Crippen LogP contribution in [-0.2, 0) is 36.8 Å². The van der Waals surface area contributed by atoms with E-state index in [1.54, 1.807) is 38.1 Å². The Kier molecular flexibility index (Phi) is 8.54. The van der Waals surface area contributed by atoms with Gasteiger partial charge in [0.2, 0.25) is 5.91 Å². The average molecular weight is 467 g/mol. The lowest BCUT2D eigenvalue weighted by molar-refractivity contribution is -0.156. The van der Waals surface area contributed by atoms with Gasteiger partial charge in [-0.05, 0) is 43.4 Å². The fourth-order valence-electron chi connectivity index (χ4n) is 4.36. The molecule has 0 spiro atoms. The van der Waals surface area contributed by atoms with Gasteiger partial charge in [0.1, 0.15) is 24.4 Å². The number of rotatable bonds is 10. The summed E-state index contributed by atoms with van der Waals surface area (Å²) in [5.41, 5.74) is 2.38. The number of benzene rings is 2. The number of esters is 1. The van der Waals surface area contributed by atoms with Gasteiger partial charge in [0.25, 0.3) is 0 Å². The molecule has 0 bridgehead atoms. The standard InChI is InChI=1S/C26H30N2O6/c1-3-34-26(33)21(14-13-18-9-5-4-6-10-18)27-17(2)24(30)28-22(25(31)32)15-19-11-7-8-12-20(19)23(28)16-29/h4-12,16-17,21-23,27H,3,13-15H2,1-2H3,(H,31,32)/t17-,21-,22-,23?/m0/s1. The molecular weight excluding hydrogens is 436 g/mol. The quantitative estimate of drug-likeness (QED) is 0.408. The van der Waals surface area contributed by atoms with Crippen LogP contribution in [0.25, 0.3) is 0 Å². The number of aryl methyl sites for hydroxylation is 1. The maximum atomic E-state index is 13.5. The highest BCUT2D eigenvalue weighted by Crippen LogP contribution is 2.32. The van der Waals surface area contributed by atoms with Gasteiger partial charge in [0.15, 0.2) is 0 Å². The Morgan fingerprint density at radius 2 is 1.82 bits per heavy atom. The SMILES string of the molecule is CCOC(=O)[C@H](CCc1ccccc1)N[C@@H](C)C(=O)N1C(C=O)c2ccccc2C[C@H]1C(=O)O. The van der Waals surface area contributed by atoms with Gasteiger partial charge in [0, 0.05) is 6.42 Å². The van der Waals surface area contributed by atoms with Crippen molar-refractivity contribution in [1.82, 2.24) is 10.2 Å². The number of carboxylic acids is 1. The van der Waals surface area contributed by atoms with Gasteiger partial charge in [-0.1, -0.05) is 54.6 Å². The Bertz CT molecular complexity index is 1020. The number of fused-ring (bicyclic) bond motifs is 1.